The van der Waals surface area contributed by atoms with Gasteiger partial charge < -0.3 is 9.53 Å². The number of rotatable bonds is 5. The number of carbonyl (C=O) groups is 1. The van der Waals surface area contributed by atoms with Crippen LogP contribution >= 0.6 is 0 Å². The van der Waals surface area contributed by atoms with Gasteiger partial charge >= 0.3 is 0 Å². The maximum Gasteiger partial charge on any atom is 0.131 e. The number of ether oxygens (including phenoxy) is 1. The monoisotopic (exact) mass is 286 g/mol. The largest absolute Gasteiger partial charge is 0.494 e. The first-order valence-corrected chi connectivity index (χ1v) is 7.45. The molecule has 0 saturated heterocycles. The van der Waals surface area contributed by atoms with Gasteiger partial charge in [-0.25, -0.2) is 4.39 Å². The van der Waals surface area contributed by atoms with Crippen LogP contribution in [0.15, 0.2) is 48.3 Å². The molecule has 0 N–H and O–H groups in total. The lowest BCUT2D eigenvalue weighted by Gasteiger charge is -2.35. The molecule has 2 aliphatic carbocycles. The Morgan fingerprint density at radius 3 is 2.62 bits per heavy atom. The molecular weight excluding hydrogens is 267 g/mol. The van der Waals surface area contributed by atoms with E-state index < -0.39 is 5.41 Å². The third kappa shape index (κ3) is 2.53. The molecule has 1 aromatic rings. The van der Waals surface area contributed by atoms with Crippen molar-refractivity contribution in [2.45, 2.75) is 25.7 Å². The van der Waals surface area contributed by atoms with Crippen LogP contribution in [-0.2, 0) is 9.53 Å². The van der Waals surface area contributed by atoms with Gasteiger partial charge in [-0.3, -0.25) is 0 Å². The van der Waals surface area contributed by atoms with Crippen LogP contribution in [0.4, 0.5) is 4.39 Å². The van der Waals surface area contributed by atoms with E-state index in [9.17, 15) is 9.18 Å². The summed E-state index contributed by atoms with van der Waals surface area (Å²) in [4.78, 5) is 11.9. The number of carbonyl (C=O) groups excluding carboxylic acids is 1. The van der Waals surface area contributed by atoms with Crippen LogP contribution in [0.5, 0.6) is 0 Å². The van der Waals surface area contributed by atoms with Crippen molar-refractivity contribution in [1.82, 2.24) is 0 Å². The highest BCUT2D eigenvalue weighted by molar-refractivity contribution is 5.69. The van der Waals surface area contributed by atoms with E-state index in [4.69, 9.17) is 4.74 Å². The Morgan fingerprint density at radius 2 is 2.05 bits per heavy atom. The quantitative estimate of drug-likeness (QED) is 0.765. The fraction of sp³-hybridized carbons (Fsp3) is 0.389. The van der Waals surface area contributed by atoms with E-state index in [1.165, 1.54) is 12.1 Å². The zero-order chi connectivity index (χ0) is 14.9. The van der Waals surface area contributed by atoms with Crippen molar-refractivity contribution in [3.8, 4) is 0 Å². The Kier molecular flexibility index (Phi) is 3.66. The second kappa shape index (κ2) is 5.47. The normalized spacial score (nSPS) is 28.1. The predicted molar refractivity (Wildman–Crippen MR) is 79.2 cm³/mol. The summed E-state index contributed by atoms with van der Waals surface area (Å²) in [6.07, 6.45) is 9.09. The molecule has 3 rings (SSSR count). The third-order valence-corrected chi connectivity index (χ3v) is 4.43. The Morgan fingerprint density at radius 1 is 1.33 bits per heavy atom. The van der Waals surface area contributed by atoms with Gasteiger partial charge in [0.2, 0.25) is 0 Å². The summed E-state index contributed by atoms with van der Waals surface area (Å²) < 4.78 is 18.8. The fourth-order valence-corrected chi connectivity index (χ4v) is 3.19. The molecule has 2 unspecified atom stereocenters. The number of hydrogen-bond donors (Lipinski definition) is 0. The summed E-state index contributed by atoms with van der Waals surface area (Å²) >= 11 is 0. The van der Waals surface area contributed by atoms with Gasteiger partial charge in [0, 0.05) is 5.92 Å². The Labute approximate surface area is 124 Å². The lowest BCUT2D eigenvalue weighted by molar-refractivity contribution is -0.115. The average molecular weight is 286 g/mol. The predicted octanol–water partition coefficient (Wildman–Crippen LogP) is 3.99. The highest BCUT2D eigenvalue weighted by atomic mass is 19.1. The average Bonchev–Trinajstić information content (AvgIpc) is 3.34. The van der Waals surface area contributed by atoms with E-state index in [0.29, 0.717) is 12.5 Å². The van der Waals surface area contributed by atoms with Crippen LogP contribution in [0.1, 0.15) is 31.2 Å². The van der Waals surface area contributed by atoms with Gasteiger partial charge in [-0.15, -0.1) is 0 Å². The molecule has 3 heteroatoms. The van der Waals surface area contributed by atoms with E-state index in [-0.39, 0.29) is 11.7 Å². The molecule has 1 aromatic carbocycles. The number of allylic oxidation sites excluding steroid dienone is 3. The van der Waals surface area contributed by atoms with E-state index in [1.807, 2.05) is 25.2 Å². The lowest BCUT2D eigenvalue weighted by Crippen LogP contribution is -2.32. The van der Waals surface area contributed by atoms with Crippen LogP contribution in [0.25, 0.3) is 0 Å². The second-order valence-corrected chi connectivity index (χ2v) is 5.76. The van der Waals surface area contributed by atoms with Crippen LogP contribution in [0.3, 0.4) is 0 Å². The number of halogens is 1. The maximum absolute atomic E-state index is 13.2. The van der Waals surface area contributed by atoms with Crippen LogP contribution in [0, 0.1) is 17.2 Å². The van der Waals surface area contributed by atoms with Gasteiger partial charge in [-0.1, -0.05) is 18.2 Å². The molecule has 2 atom stereocenters. The molecule has 0 bridgehead atoms. The maximum atomic E-state index is 13.2. The van der Waals surface area contributed by atoms with Crippen LogP contribution in [0.2, 0.25) is 0 Å². The zero-order valence-corrected chi connectivity index (χ0v) is 12.1. The van der Waals surface area contributed by atoms with Crippen molar-refractivity contribution in [3.05, 3.63) is 59.6 Å². The smallest absolute Gasteiger partial charge is 0.131 e. The van der Waals surface area contributed by atoms with E-state index in [0.717, 1.165) is 30.5 Å². The summed E-state index contributed by atoms with van der Waals surface area (Å²) in [6.45, 7) is 2.52. The first-order valence-electron chi connectivity index (χ1n) is 7.45. The Bertz CT molecular complexity index is 584. The first-order chi connectivity index (χ1) is 10.2. The SMILES string of the molecule is CCOC1=CC(c2ccc(F)cc2)C(C=O)(C2CC2)C=C1. The summed E-state index contributed by atoms with van der Waals surface area (Å²) in [5, 5.41) is 0. The topological polar surface area (TPSA) is 26.3 Å². The van der Waals surface area contributed by atoms with Crippen molar-refractivity contribution in [2.24, 2.45) is 11.3 Å². The fourth-order valence-electron chi connectivity index (χ4n) is 3.19. The van der Waals surface area contributed by atoms with Crippen molar-refractivity contribution in [1.29, 1.82) is 0 Å². The van der Waals surface area contributed by atoms with Gasteiger partial charge in [0.05, 0.1) is 12.0 Å². The molecule has 0 heterocycles. The minimum Gasteiger partial charge on any atom is -0.494 e. The number of aldehydes is 1. The van der Waals surface area contributed by atoms with Crippen molar-refractivity contribution < 1.29 is 13.9 Å². The van der Waals surface area contributed by atoms with Crippen LogP contribution < -0.4 is 0 Å². The molecule has 0 aliphatic heterocycles. The summed E-state index contributed by atoms with van der Waals surface area (Å²) in [5.74, 6) is 0.808. The highest BCUT2D eigenvalue weighted by Gasteiger charge is 2.49. The van der Waals surface area contributed by atoms with E-state index in [1.54, 1.807) is 12.1 Å². The third-order valence-electron chi connectivity index (χ3n) is 4.43. The first kappa shape index (κ1) is 14.1. The number of hydrogen-bond acceptors (Lipinski definition) is 2. The molecular formula is C18H19FO2. The number of benzene rings is 1. The zero-order valence-electron chi connectivity index (χ0n) is 12.1. The molecule has 110 valence electrons. The molecule has 2 aliphatic rings. The molecule has 0 radical (unpaired) electrons. The lowest BCUT2D eigenvalue weighted by atomic mass is 9.67. The van der Waals surface area contributed by atoms with E-state index in [2.05, 4.69) is 0 Å². The molecule has 2 nitrogen and oxygen atoms in total. The van der Waals surface area contributed by atoms with Gasteiger partial charge in [-0.2, -0.15) is 0 Å². The summed E-state index contributed by atoms with van der Waals surface area (Å²) in [6, 6.07) is 6.42. The van der Waals surface area contributed by atoms with Crippen molar-refractivity contribution >= 4 is 6.29 Å². The van der Waals surface area contributed by atoms with E-state index >= 15 is 0 Å². The van der Waals surface area contributed by atoms with Gasteiger partial charge in [0.15, 0.2) is 0 Å². The minimum absolute atomic E-state index is 0.0883. The Balaban J connectivity index is 2.02. The molecule has 0 aromatic heterocycles. The minimum atomic E-state index is -0.515. The van der Waals surface area contributed by atoms with Gasteiger partial charge in [0.1, 0.15) is 17.9 Å². The van der Waals surface area contributed by atoms with Gasteiger partial charge in [-0.05, 0) is 55.5 Å². The summed E-state index contributed by atoms with van der Waals surface area (Å²) in [7, 11) is 0. The van der Waals surface area contributed by atoms with Gasteiger partial charge in [0.25, 0.3) is 0 Å². The molecule has 1 saturated carbocycles. The molecule has 21 heavy (non-hydrogen) atoms. The molecule has 0 spiro atoms. The molecule has 0 amide bonds. The standard InChI is InChI=1S/C18H19FO2/c1-2-21-16-9-10-18(12-20,14-5-6-14)17(11-16)13-3-7-15(19)8-4-13/h3-4,7-12,14,17H,2,5-6H2,1H3. The summed E-state index contributed by atoms with van der Waals surface area (Å²) in [5.41, 5.74) is 0.440. The second-order valence-electron chi connectivity index (χ2n) is 5.76. The van der Waals surface area contributed by atoms with Crippen molar-refractivity contribution in [2.75, 3.05) is 6.61 Å². The highest BCUT2D eigenvalue weighted by Crippen LogP contribution is 2.55. The van der Waals surface area contributed by atoms with Crippen LogP contribution in [-0.4, -0.2) is 12.9 Å². The Hall–Kier alpha value is -1.90. The molecule has 1 fully saturated rings. The van der Waals surface area contributed by atoms with Crippen molar-refractivity contribution in [3.63, 3.8) is 0 Å².